The highest BCUT2D eigenvalue weighted by Gasteiger charge is 2.40. The molecule has 0 spiro atoms. The number of nitrogens with zero attached hydrogens (tertiary/aromatic N) is 1. The molecule has 4 aromatic carbocycles. The van der Waals surface area contributed by atoms with Gasteiger partial charge in [0.1, 0.15) is 5.70 Å². The van der Waals surface area contributed by atoms with Crippen molar-refractivity contribution in [3.63, 3.8) is 0 Å². The van der Waals surface area contributed by atoms with E-state index in [1.54, 1.807) is 66.7 Å². The standard InChI is InChI=1S/C36H31N3O9S/c1-46-28-17-14-23(31(47-2)32(28)48-3)18-27(38-33(41)21-8-5-4-6-9-21)34(42)37-24-10-7-11-26(19-24)49-29-20-30(40)39(35(29)43)25-15-12-22(13-16-25)36(44)45/h4-19,29H,20H2,1-3H3,(H,37,42)(H,38,41)(H,44,45). The normalized spacial score (nSPS) is 14.3. The summed E-state index contributed by atoms with van der Waals surface area (Å²) in [6.07, 6.45) is 1.39. The second-order valence-corrected chi connectivity index (χ2v) is 11.8. The lowest BCUT2D eigenvalue weighted by atomic mass is 10.1. The van der Waals surface area contributed by atoms with Gasteiger partial charge in [-0.2, -0.15) is 0 Å². The lowest BCUT2D eigenvalue weighted by molar-refractivity contribution is -0.121. The average Bonchev–Trinajstić information content (AvgIpc) is 3.39. The Hall–Kier alpha value is -6.08. The summed E-state index contributed by atoms with van der Waals surface area (Å²) in [4.78, 5) is 65.8. The van der Waals surface area contributed by atoms with E-state index in [1.165, 1.54) is 51.7 Å². The van der Waals surface area contributed by atoms with Crippen LogP contribution < -0.4 is 29.7 Å². The number of hydrogen-bond donors (Lipinski definition) is 3. The molecule has 49 heavy (non-hydrogen) atoms. The number of carboxylic acid groups (broad SMARTS) is 1. The fraction of sp³-hybridized carbons (Fsp3) is 0.139. The van der Waals surface area contributed by atoms with E-state index < -0.39 is 34.8 Å². The van der Waals surface area contributed by atoms with Gasteiger partial charge in [0.2, 0.25) is 17.6 Å². The van der Waals surface area contributed by atoms with Crippen molar-refractivity contribution >= 4 is 58.8 Å². The molecule has 1 aliphatic heterocycles. The number of hydrogen-bond acceptors (Lipinski definition) is 9. The second-order valence-electron chi connectivity index (χ2n) is 10.5. The minimum atomic E-state index is -1.12. The third kappa shape index (κ3) is 7.74. The molecule has 0 bridgehead atoms. The summed E-state index contributed by atoms with van der Waals surface area (Å²) in [6, 6.07) is 23.9. The third-order valence-electron chi connectivity index (χ3n) is 7.41. The molecule has 4 amide bonds. The van der Waals surface area contributed by atoms with E-state index in [-0.39, 0.29) is 29.1 Å². The van der Waals surface area contributed by atoms with Crippen LogP contribution in [0.4, 0.5) is 11.4 Å². The zero-order valence-corrected chi connectivity index (χ0v) is 27.4. The van der Waals surface area contributed by atoms with E-state index in [0.717, 1.165) is 16.7 Å². The first-order valence-corrected chi connectivity index (χ1v) is 15.7. The van der Waals surface area contributed by atoms with Crippen molar-refractivity contribution in [3.8, 4) is 17.2 Å². The molecule has 1 atom stereocenters. The monoisotopic (exact) mass is 681 g/mol. The Morgan fingerprint density at radius 1 is 0.837 bits per heavy atom. The molecule has 5 rings (SSSR count). The molecule has 250 valence electrons. The number of rotatable bonds is 12. The summed E-state index contributed by atoms with van der Waals surface area (Å²) in [6.45, 7) is 0. The molecule has 1 fully saturated rings. The molecule has 1 saturated heterocycles. The van der Waals surface area contributed by atoms with Crippen molar-refractivity contribution in [1.82, 2.24) is 5.32 Å². The minimum absolute atomic E-state index is 0.0353. The summed E-state index contributed by atoms with van der Waals surface area (Å²) >= 11 is 1.16. The summed E-state index contributed by atoms with van der Waals surface area (Å²) in [7, 11) is 4.38. The number of carboxylic acids is 1. The Kier molecular flexibility index (Phi) is 10.6. The highest BCUT2D eigenvalue weighted by molar-refractivity contribution is 8.00. The largest absolute Gasteiger partial charge is 0.493 e. The lowest BCUT2D eigenvalue weighted by Gasteiger charge is -2.16. The van der Waals surface area contributed by atoms with E-state index in [1.807, 2.05) is 0 Å². The van der Waals surface area contributed by atoms with Gasteiger partial charge in [-0.05, 0) is 72.8 Å². The first kappa shape index (κ1) is 34.3. The van der Waals surface area contributed by atoms with Gasteiger partial charge >= 0.3 is 5.97 Å². The number of carbonyl (C=O) groups excluding carboxylic acids is 4. The van der Waals surface area contributed by atoms with Crippen LogP contribution in [0.15, 0.2) is 102 Å². The zero-order chi connectivity index (χ0) is 35.1. The SMILES string of the molecule is COc1ccc(C=C(NC(=O)c2ccccc2)C(=O)Nc2cccc(SC3CC(=O)N(c4ccc(C(=O)O)cc4)C3=O)c2)c(OC)c1OC. The van der Waals surface area contributed by atoms with Crippen LogP contribution in [0.3, 0.4) is 0 Å². The number of anilines is 2. The summed E-state index contributed by atoms with van der Waals surface area (Å²) < 4.78 is 16.4. The third-order valence-corrected chi connectivity index (χ3v) is 8.59. The highest BCUT2D eigenvalue weighted by atomic mass is 32.2. The van der Waals surface area contributed by atoms with Crippen LogP contribution in [0, 0.1) is 0 Å². The van der Waals surface area contributed by atoms with Gasteiger partial charge in [-0.15, -0.1) is 11.8 Å². The Bertz CT molecular complexity index is 1950. The molecule has 3 N–H and O–H groups in total. The smallest absolute Gasteiger partial charge is 0.335 e. The van der Waals surface area contributed by atoms with Crippen molar-refractivity contribution in [1.29, 1.82) is 0 Å². The maximum atomic E-state index is 13.7. The molecule has 1 unspecified atom stereocenters. The van der Waals surface area contributed by atoms with E-state index in [2.05, 4.69) is 10.6 Å². The number of nitrogens with one attached hydrogen (secondary N) is 2. The summed E-state index contributed by atoms with van der Waals surface area (Å²) in [5.74, 6) is -2.14. The Morgan fingerprint density at radius 2 is 1.55 bits per heavy atom. The van der Waals surface area contributed by atoms with Crippen LogP contribution in [0.2, 0.25) is 0 Å². The topological polar surface area (TPSA) is 161 Å². The van der Waals surface area contributed by atoms with Gasteiger partial charge in [0.15, 0.2) is 11.5 Å². The molecule has 12 nitrogen and oxygen atoms in total. The van der Waals surface area contributed by atoms with E-state index >= 15 is 0 Å². The molecule has 1 aliphatic rings. The fourth-order valence-corrected chi connectivity index (χ4v) is 6.18. The quantitative estimate of drug-likeness (QED) is 0.133. The Morgan fingerprint density at radius 3 is 2.20 bits per heavy atom. The Balaban J connectivity index is 1.38. The van der Waals surface area contributed by atoms with Gasteiger partial charge in [0.05, 0.1) is 37.8 Å². The molecule has 0 aromatic heterocycles. The minimum Gasteiger partial charge on any atom is -0.493 e. The van der Waals surface area contributed by atoms with Gasteiger partial charge in [-0.25, -0.2) is 9.69 Å². The first-order valence-electron chi connectivity index (χ1n) is 14.8. The molecule has 0 radical (unpaired) electrons. The summed E-state index contributed by atoms with van der Waals surface area (Å²) in [5.41, 5.74) is 1.35. The van der Waals surface area contributed by atoms with Crippen LogP contribution >= 0.6 is 11.8 Å². The molecule has 13 heteroatoms. The number of amides is 4. The van der Waals surface area contributed by atoms with Crippen LogP contribution in [0.25, 0.3) is 6.08 Å². The van der Waals surface area contributed by atoms with Crippen molar-refractivity contribution in [2.75, 3.05) is 31.5 Å². The van der Waals surface area contributed by atoms with Gasteiger partial charge < -0.3 is 30.0 Å². The molecule has 0 aliphatic carbocycles. The molecule has 1 heterocycles. The average molecular weight is 682 g/mol. The number of methoxy groups -OCH3 is 3. The van der Waals surface area contributed by atoms with E-state index in [4.69, 9.17) is 19.3 Å². The summed E-state index contributed by atoms with van der Waals surface area (Å²) in [5, 5.41) is 13.9. The maximum absolute atomic E-state index is 13.7. The van der Waals surface area contributed by atoms with Crippen molar-refractivity contribution < 1.29 is 43.3 Å². The van der Waals surface area contributed by atoms with E-state index in [0.29, 0.717) is 33.2 Å². The molecule has 0 saturated carbocycles. The van der Waals surface area contributed by atoms with Crippen LogP contribution in [-0.4, -0.2) is 61.3 Å². The maximum Gasteiger partial charge on any atom is 0.335 e. The van der Waals surface area contributed by atoms with Gasteiger partial charge in [0, 0.05) is 28.1 Å². The zero-order valence-electron chi connectivity index (χ0n) is 26.6. The van der Waals surface area contributed by atoms with Crippen LogP contribution in [0.1, 0.15) is 32.7 Å². The van der Waals surface area contributed by atoms with Gasteiger partial charge in [-0.3, -0.25) is 19.2 Å². The van der Waals surface area contributed by atoms with Crippen LogP contribution in [0.5, 0.6) is 17.2 Å². The number of thioether (sulfide) groups is 1. The molecular formula is C36H31N3O9S. The van der Waals surface area contributed by atoms with Crippen molar-refractivity contribution in [2.45, 2.75) is 16.6 Å². The number of benzene rings is 4. The first-order chi connectivity index (χ1) is 23.6. The van der Waals surface area contributed by atoms with Crippen LogP contribution in [-0.2, 0) is 14.4 Å². The number of aromatic carboxylic acids is 1. The lowest BCUT2D eigenvalue weighted by Crippen LogP contribution is -2.31. The van der Waals surface area contributed by atoms with Gasteiger partial charge in [0.25, 0.3) is 11.8 Å². The number of ether oxygens (including phenoxy) is 3. The predicted octanol–water partition coefficient (Wildman–Crippen LogP) is 5.24. The second kappa shape index (κ2) is 15.2. The van der Waals surface area contributed by atoms with Gasteiger partial charge in [-0.1, -0.05) is 24.3 Å². The van der Waals surface area contributed by atoms with Crippen molar-refractivity contribution in [2.24, 2.45) is 0 Å². The van der Waals surface area contributed by atoms with E-state index in [9.17, 15) is 24.0 Å². The highest BCUT2D eigenvalue weighted by Crippen LogP contribution is 2.41. The predicted molar refractivity (Wildman–Crippen MR) is 183 cm³/mol. The number of imide groups is 1. The van der Waals surface area contributed by atoms with Crippen molar-refractivity contribution in [3.05, 3.63) is 113 Å². The fourth-order valence-electron chi connectivity index (χ4n) is 5.07. The Labute approximate surface area is 285 Å². The number of carbonyl (C=O) groups is 5. The molecule has 4 aromatic rings. The molecular weight excluding hydrogens is 650 g/mol.